The van der Waals surface area contributed by atoms with Crippen LogP contribution in [0.1, 0.15) is 26.5 Å². The molecule has 2 N–H and O–H groups in total. The fourth-order valence-electron chi connectivity index (χ4n) is 2.36. The van der Waals surface area contributed by atoms with Crippen molar-refractivity contribution in [3.8, 4) is 0 Å². The number of rotatable bonds is 6. The first-order valence-electron chi connectivity index (χ1n) is 8.01. The van der Waals surface area contributed by atoms with E-state index in [2.05, 4.69) is 10.6 Å². The zero-order valence-electron chi connectivity index (χ0n) is 14.0. The van der Waals surface area contributed by atoms with E-state index in [-0.39, 0.29) is 11.7 Å². The van der Waals surface area contributed by atoms with Gasteiger partial charge in [-0.2, -0.15) is 0 Å². The minimum Gasteiger partial charge on any atom is -0.395 e. The molecule has 8 nitrogen and oxygen atoms in total. The Kier molecular flexibility index (Phi) is 5.27. The summed E-state index contributed by atoms with van der Waals surface area (Å²) < 4.78 is 4.85. The van der Waals surface area contributed by atoms with E-state index < -0.39 is 16.7 Å². The number of nitrogens with one attached hydrogen (secondary N) is 2. The molecule has 8 heteroatoms. The van der Waals surface area contributed by atoms with Crippen molar-refractivity contribution < 1.29 is 18.9 Å². The Bertz CT molecular complexity index is 982. The van der Waals surface area contributed by atoms with Crippen molar-refractivity contribution in [2.45, 2.75) is 6.54 Å². The third-order valence-electron chi connectivity index (χ3n) is 3.67. The third-order valence-corrected chi connectivity index (χ3v) is 3.67. The van der Waals surface area contributed by atoms with E-state index in [1.807, 2.05) is 30.3 Å². The minimum absolute atomic E-state index is 0.194. The van der Waals surface area contributed by atoms with Crippen LogP contribution in [0.4, 0.5) is 11.6 Å². The maximum atomic E-state index is 12.3. The van der Waals surface area contributed by atoms with Crippen LogP contribution in [0.3, 0.4) is 0 Å². The standard InChI is InChI=1S/C19H15N3O5/c23-18(20-12-13-5-2-1-3-6-13)14-7-4-8-15(11-14)21-19(24)16-9-10-17(27-16)22(25)26/h1-11H,12H2,(H,20,23)(H,21,24). The number of hydrogen-bond acceptors (Lipinski definition) is 5. The SMILES string of the molecule is O=C(NCc1ccccc1)c1cccc(NC(=O)c2ccc([N+](=O)[O-])o2)c1. The molecule has 0 bridgehead atoms. The van der Waals surface area contributed by atoms with Crippen LogP contribution in [0.25, 0.3) is 0 Å². The molecule has 0 aliphatic carbocycles. The molecule has 0 radical (unpaired) electrons. The van der Waals surface area contributed by atoms with Crippen molar-refractivity contribution in [3.63, 3.8) is 0 Å². The molecule has 0 saturated carbocycles. The smallest absolute Gasteiger partial charge is 0.395 e. The van der Waals surface area contributed by atoms with Gasteiger partial charge in [-0.3, -0.25) is 19.7 Å². The Labute approximate surface area is 154 Å². The van der Waals surface area contributed by atoms with Gasteiger partial charge in [-0.25, -0.2) is 0 Å². The summed E-state index contributed by atoms with van der Waals surface area (Å²) in [6.07, 6.45) is 0. The van der Waals surface area contributed by atoms with E-state index in [1.165, 1.54) is 12.1 Å². The van der Waals surface area contributed by atoms with Gasteiger partial charge < -0.3 is 15.1 Å². The first kappa shape index (κ1) is 17.9. The molecule has 0 aliphatic heterocycles. The van der Waals surface area contributed by atoms with Crippen molar-refractivity contribution >= 4 is 23.4 Å². The first-order chi connectivity index (χ1) is 13.0. The molecule has 27 heavy (non-hydrogen) atoms. The molecule has 2 aromatic carbocycles. The molecular formula is C19H15N3O5. The lowest BCUT2D eigenvalue weighted by Crippen LogP contribution is -2.23. The number of amides is 2. The van der Waals surface area contributed by atoms with E-state index in [0.717, 1.165) is 11.6 Å². The number of furan rings is 1. The predicted octanol–water partition coefficient (Wildman–Crippen LogP) is 3.37. The zero-order chi connectivity index (χ0) is 19.2. The van der Waals surface area contributed by atoms with Gasteiger partial charge in [0.15, 0.2) is 5.76 Å². The molecule has 2 amide bonds. The fraction of sp³-hybridized carbons (Fsp3) is 0.0526. The molecule has 136 valence electrons. The van der Waals surface area contributed by atoms with Crippen LogP contribution >= 0.6 is 0 Å². The molecule has 0 saturated heterocycles. The second kappa shape index (κ2) is 7.96. The number of hydrogen-bond donors (Lipinski definition) is 2. The summed E-state index contributed by atoms with van der Waals surface area (Å²) in [5.74, 6) is -1.65. The Morgan fingerprint density at radius 2 is 1.74 bits per heavy atom. The van der Waals surface area contributed by atoms with Crippen LogP contribution in [0.15, 0.2) is 71.1 Å². The van der Waals surface area contributed by atoms with Crippen LogP contribution < -0.4 is 10.6 Å². The highest BCUT2D eigenvalue weighted by Gasteiger charge is 2.17. The van der Waals surface area contributed by atoms with Crippen molar-refractivity contribution in [1.29, 1.82) is 0 Å². The van der Waals surface area contributed by atoms with E-state index in [4.69, 9.17) is 4.42 Å². The van der Waals surface area contributed by atoms with Gasteiger partial charge in [0.25, 0.3) is 11.8 Å². The second-order valence-electron chi connectivity index (χ2n) is 5.60. The number of nitro groups is 1. The Morgan fingerprint density at radius 3 is 2.44 bits per heavy atom. The highest BCUT2D eigenvalue weighted by molar-refractivity contribution is 6.03. The van der Waals surface area contributed by atoms with Crippen LogP contribution in [-0.2, 0) is 6.54 Å². The lowest BCUT2D eigenvalue weighted by molar-refractivity contribution is -0.402. The quantitative estimate of drug-likeness (QED) is 0.513. The van der Waals surface area contributed by atoms with E-state index >= 15 is 0 Å². The number of benzene rings is 2. The average molecular weight is 365 g/mol. The summed E-state index contributed by atoms with van der Waals surface area (Å²) in [5.41, 5.74) is 1.70. The van der Waals surface area contributed by atoms with E-state index in [0.29, 0.717) is 17.8 Å². The lowest BCUT2D eigenvalue weighted by atomic mass is 10.1. The molecule has 0 aliphatic rings. The molecule has 0 fully saturated rings. The topological polar surface area (TPSA) is 114 Å². The van der Waals surface area contributed by atoms with Gasteiger partial charge in [0.1, 0.15) is 4.92 Å². The van der Waals surface area contributed by atoms with Gasteiger partial charge in [0.05, 0.1) is 6.07 Å². The first-order valence-corrected chi connectivity index (χ1v) is 8.01. The predicted molar refractivity (Wildman–Crippen MR) is 97.4 cm³/mol. The van der Waals surface area contributed by atoms with Crippen LogP contribution in [0, 0.1) is 10.1 Å². The number of carbonyl (C=O) groups excluding carboxylic acids is 2. The highest BCUT2D eigenvalue weighted by atomic mass is 16.6. The van der Waals surface area contributed by atoms with Crippen LogP contribution in [0.5, 0.6) is 0 Å². The number of nitrogens with zero attached hydrogens (tertiary/aromatic N) is 1. The third kappa shape index (κ3) is 4.57. The average Bonchev–Trinajstić information content (AvgIpc) is 3.18. The summed E-state index contributed by atoms with van der Waals surface area (Å²) in [6.45, 7) is 0.381. The maximum absolute atomic E-state index is 12.3. The summed E-state index contributed by atoms with van der Waals surface area (Å²) in [4.78, 5) is 34.3. The largest absolute Gasteiger partial charge is 0.433 e. The van der Waals surface area contributed by atoms with E-state index in [1.54, 1.807) is 18.2 Å². The molecule has 1 heterocycles. The molecule has 3 rings (SSSR count). The van der Waals surface area contributed by atoms with E-state index in [9.17, 15) is 19.7 Å². The molecule has 0 atom stereocenters. The fourth-order valence-corrected chi connectivity index (χ4v) is 2.36. The normalized spacial score (nSPS) is 10.2. The van der Waals surface area contributed by atoms with Crippen molar-refractivity contribution in [1.82, 2.24) is 5.32 Å². The molecule has 0 spiro atoms. The Balaban J connectivity index is 1.64. The second-order valence-corrected chi connectivity index (χ2v) is 5.60. The highest BCUT2D eigenvalue weighted by Crippen LogP contribution is 2.18. The van der Waals surface area contributed by atoms with Crippen molar-refractivity contribution in [3.05, 3.63) is 93.7 Å². The zero-order valence-corrected chi connectivity index (χ0v) is 14.0. The van der Waals surface area contributed by atoms with Gasteiger partial charge in [-0.1, -0.05) is 36.4 Å². The summed E-state index contributed by atoms with van der Waals surface area (Å²) in [5, 5.41) is 16.0. The number of anilines is 1. The van der Waals surface area contributed by atoms with Gasteiger partial charge >= 0.3 is 5.88 Å². The Morgan fingerprint density at radius 1 is 0.963 bits per heavy atom. The van der Waals surface area contributed by atoms with Crippen LogP contribution in [0.2, 0.25) is 0 Å². The van der Waals surface area contributed by atoms with Crippen molar-refractivity contribution in [2.75, 3.05) is 5.32 Å². The lowest BCUT2D eigenvalue weighted by Gasteiger charge is -2.08. The van der Waals surface area contributed by atoms with Gasteiger partial charge in [0.2, 0.25) is 0 Å². The summed E-state index contributed by atoms with van der Waals surface area (Å²) >= 11 is 0. The molecule has 0 unspecified atom stereocenters. The Hall–Kier alpha value is -3.94. The van der Waals surface area contributed by atoms with Gasteiger partial charge in [-0.05, 0) is 29.8 Å². The maximum Gasteiger partial charge on any atom is 0.433 e. The minimum atomic E-state index is -0.728. The van der Waals surface area contributed by atoms with Crippen molar-refractivity contribution in [2.24, 2.45) is 0 Å². The summed E-state index contributed by atoms with van der Waals surface area (Å²) in [6, 6.07) is 18.1. The molecule has 3 aromatic rings. The number of carbonyl (C=O) groups is 2. The molecular weight excluding hydrogens is 350 g/mol. The molecule has 1 aromatic heterocycles. The monoisotopic (exact) mass is 365 g/mol. The van der Waals surface area contributed by atoms with Gasteiger partial charge in [0, 0.05) is 17.8 Å². The van der Waals surface area contributed by atoms with Gasteiger partial charge in [-0.15, -0.1) is 0 Å². The van der Waals surface area contributed by atoms with Crippen LogP contribution in [-0.4, -0.2) is 16.7 Å². The summed E-state index contributed by atoms with van der Waals surface area (Å²) in [7, 11) is 0.